The first-order chi connectivity index (χ1) is 3.46. The summed E-state index contributed by atoms with van der Waals surface area (Å²) in [6.45, 7) is 1.94. The fourth-order valence-corrected chi connectivity index (χ4v) is 0. The van der Waals surface area contributed by atoms with Crippen LogP contribution >= 0.6 is 9.90 Å². The molecule has 0 aromatic rings. The van der Waals surface area contributed by atoms with Crippen molar-refractivity contribution in [1.29, 1.82) is 0 Å². The monoisotopic (exact) mass is 192 g/mol. The topological polar surface area (TPSA) is 80.3 Å². The third-order valence-electron chi connectivity index (χ3n) is 0. The molecule has 6 heteroatoms. The Morgan fingerprint density at radius 3 is 1.00 bits per heavy atom. The second kappa shape index (κ2) is 16.3. The Hall–Kier alpha value is 0.630. The van der Waals surface area contributed by atoms with Crippen molar-refractivity contribution in [1.82, 2.24) is 0 Å². The van der Waals surface area contributed by atoms with Crippen LogP contribution in [0.15, 0.2) is 0 Å². The second-order valence-electron chi connectivity index (χ2n) is 0.983. The molecule has 0 bridgehead atoms. The van der Waals surface area contributed by atoms with E-state index in [9.17, 15) is 0 Å². The van der Waals surface area contributed by atoms with E-state index in [2.05, 4.69) is 0 Å². The first-order valence-corrected chi connectivity index (χ1v) is 1.82. The molecule has 0 radical (unpaired) electrons. The summed E-state index contributed by atoms with van der Waals surface area (Å²) in [5.74, 6) is -2.17. The molecule has 56 valence electrons. The van der Waals surface area contributed by atoms with Gasteiger partial charge in [-0.05, 0) is 13.8 Å². The number of hydrogen-bond donors (Lipinski definition) is 0. The molecule has 0 amide bonds. The van der Waals surface area contributed by atoms with Gasteiger partial charge in [0, 0.05) is 11.9 Å². The van der Waals surface area contributed by atoms with E-state index in [1.807, 2.05) is 0 Å². The van der Waals surface area contributed by atoms with E-state index < -0.39 is 11.9 Å². The number of carbonyl (C=O) groups excluding carboxylic acids is 2. The molecular formula is C4H9CaO4P. The van der Waals surface area contributed by atoms with Crippen molar-refractivity contribution in [2.75, 3.05) is 0 Å². The Balaban J connectivity index is -0.0000000300. The molecule has 0 rings (SSSR count). The summed E-state index contributed by atoms with van der Waals surface area (Å²) in [7, 11) is 0. The molecule has 0 aromatic heterocycles. The van der Waals surface area contributed by atoms with Crippen LogP contribution in [0.25, 0.3) is 0 Å². The van der Waals surface area contributed by atoms with Crippen molar-refractivity contribution in [3.63, 3.8) is 0 Å². The fourth-order valence-electron chi connectivity index (χ4n) is 0. The maximum atomic E-state index is 8.89. The molecule has 4 nitrogen and oxygen atoms in total. The summed E-state index contributed by atoms with van der Waals surface area (Å²) in [6.07, 6.45) is 0. The van der Waals surface area contributed by atoms with E-state index in [1.165, 1.54) is 0 Å². The van der Waals surface area contributed by atoms with Crippen LogP contribution in [-0.4, -0.2) is 49.7 Å². The number of hydrogen-bond acceptors (Lipinski definition) is 4. The molecule has 10 heavy (non-hydrogen) atoms. The Labute approximate surface area is 92.6 Å². The summed E-state index contributed by atoms with van der Waals surface area (Å²) < 4.78 is 0. The van der Waals surface area contributed by atoms with Gasteiger partial charge in [-0.1, -0.05) is 0 Å². The smallest absolute Gasteiger partial charge is 0.550 e. The Bertz CT molecular complexity index is 75.3. The number of carboxylic acid groups (broad SMARTS) is 2. The molecule has 0 aromatic carbocycles. The molecule has 0 heterocycles. The van der Waals surface area contributed by atoms with Gasteiger partial charge in [0.1, 0.15) is 0 Å². The summed E-state index contributed by atoms with van der Waals surface area (Å²) in [5.41, 5.74) is 0. The van der Waals surface area contributed by atoms with Gasteiger partial charge in [-0.2, -0.15) is 9.90 Å². The van der Waals surface area contributed by atoms with E-state index in [-0.39, 0.29) is 47.6 Å². The van der Waals surface area contributed by atoms with E-state index in [0.717, 1.165) is 13.8 Å². The molecule has 0 aliphatic rings. The predicted molar refractivity (Wildman–Crippen MR) is 38.2 cm³/mol. The van der Waals surface area contributed by atoms with Gasteiger partial charge in [0.15, 0.2) is 0 Å². The van der Waals surface area contributed by atoms with Crippen LogP contribution in [0.4, 0.5) is 0 Å². The van der Waals surface area contributed by atoms with Crippen molar-refractivity contribution in [3.8, 4) is 0 Å². The number of aliphatic carboxylic acids is 2. The molecule has 0 saturated heterocycles. The van der Waals surface area contributed by atoms with Gasteiger partial charge in [0.05, 0.1) is 0 Å². The minimum absolute atomic E-state index is 0. The van der Waals surface area contributed by atoms with E-state index in [1.54, 1.807) is 0 Å². The number of carboxylic acids is 2. The van der Waals surface area contributed by atoms with Crippen molar-refractivity contribution < 1.29 is 19.8 Å². The molecule has 0 aliphatic carbocycles. The molecular weight excluding hydrogens is 183 g/mol. The van der Waals surface area contributed by atoms with Crippen LogP contribution in [0.2, 0.25) is 0 Å². The van der Waals surface area contributed by atoms with Gasteiger partial charge in [-0.15, -0.1) is 0 Å². The van der Waals surface area contributed by atoms with E-state index >= 15 is 0 Å². The van der Waals surface area contributed by atoms with E-state index in [0.29, 0.717) is 0 Å². The number of rotatable bonds is 0. The number of carbonyl (C=O) groups is 2. The van der Waals surface area contributed by atoms with Crippen LogP contribution < -0.4 is 10.2 Å². The van der Waals surface area contributed by atoms with Gasteiger partial charge in [-0.25, -0.2) is 0 Å². The predicted octanol–water partition coefficient (Wildman–Crippen LogP) is -2.81. The summed E-state index contributed by atoms with van der Waals surface area (Å²) in [6, 6.07) is 0. The minimum atomic E-state index is -1.08. The average Bonchev–Trinajstić information content (AvgIpc) is 1.25. The Kier molecular flexibility index (Phi) is 36.6. The van der Waals surface area contributed by atoms with Crippen LogP contribution in [0.1, 0.15) is 13.8 Å². The largest absolute Gasteiger partial charge is 2.00 e. The van der Waals surface area contributed by atoms with Crippen molar-refractivity contribution in [2.45, 2.75) is 13.8 Å². The summed E-state index contributed by atoms with van der Waals surface area (Å²) >= 11 is 0. The fraction of sp³-hybridized carbons (Fsp3) is 0.500. The van der Waals surface area contributed by atoms with Crippen molar-refractivity contribution >= 4 is 59.6 Å². The van der Waals surface area contributed by atoms with Crippen molar-refractivity contribution in [3.05, 3.63) is 0 Å². The zero-order valence-corrected chi connectivity index (χ0v) is 9.67. The normalized spacial score (nSPS) is 5.00. The molecule has 0 N–H and O–H groups in total. The molecule has 0 spiro atoms. The van der Waals surface area contributed by atoms with Crippen molar-refractivity contribution in [2.24, 2.45) is 0 Å². The van der Waals surface area contributed by atoms with E-state index in [4.69, 9.17) is 19.8 Å². The quantitative estimate of drug-likeness (QED) is 0.306. The van der Waals surface area contributed by atoms with Gasteiger partial charge < -0.3 is 19.8 Å². The molecule has 0 fully saturated rings. The molecule has 0 aliphatic heterocycles. The van der Waals surface area contributed by atoms with Gasteiger partial charge in [-0.3, -0.25) is 0 Å². The molecule has 1 atom stereocenters. The van der Waals surface area contributed by atoms with Gasteiger partial charge in [0.25, 0.3) is 0 Å². The second-order valence-corrected chi connectivity index (χ2v) is 0.983. The SMILES string of the molecule is CC(=O)[O-].CC(=O)[O-].P.[Ca+2]. The van der Waals surface area contributed by atoms with Crippen LogP contribution in [0.3, 0.4) is 0 Å². The third kappa shape index (κ3) is 1270. The standard InChI is InChI=1S/2C2H4O2.Ca.H3P/c2*1-2(3)4;;/h2*1H3,(H,3,4);;1H3/q;;+2;/p-2. The zero-order chi connectivity index (χ0) is 7.15. The van der Waals surface area contributed by atoms with Gasteiger partial charge >= 0.3 is 37.7 Å². The Morgan fingerprint density at radius 2 is 1.00 bits per heavy atom. The molecule has 0 saturated carbocycles. The maximum Gasteiger partial charge on any atom is 2.00 e. The zero-order valence-electron chi connectivity index (χ0n) is 6.05. The summed E-state index contributed by atoms with van der Waals surface area (Å²) in [4.78, 5) is 17.8. The minimum Gasteiger partial charge on any atom is -0.550 e. The van der Waals surface area contributed by atoms with Crippen LogP contribution in [0.5, 0.6) is 0 Å². The maximum absolute atomic E-state index is 8.89. The third-order valence-corrected chi connectivity index (χ3v) is 0. The average molecular weight is 192 g/mol. The summed E-state index contributed by atoms with van der Waals surface area (Å²) in [5, 5.41) is 17.8. The first-order valence-electron chi connectivity index (χ1n) is 1.82. The first kappa shape index (κ1) is 22.4. The molecule has 1 unspecified atom stereocenters. The van der Waals surface area contributed by atoms with Crippen LogP contribution in [0, 0.1) is 0 Å². The van der Waals surface area contributed by atoms with Crippen LogP contribution in [-0.2, 0) is 9.59 Å². The Morgan fingerprint density at radius 1 is 1.00 bits per heavy atom. The van der Waals surface area contributed by atoms with Gasteiger partial charge in [0.2, 0.25) is 0 Å².